The van der Waals surface area contributed by atoms with Crippen LogP contribution in [0.3, 0.4) is 0 Å². The van der Waals surface area contributed by atoms with E-state index >= 15 is 0 Å². The Labute approximate surface area is 105 Å². The Kier molecular flexibility index (Phi) is 3.14. The number of hydrogen-bond donors (Lipinski definition) is 1. The van der Waals surface area contributed by atoms with E-state index in [1.807, 2.05) is 19.9 Å². The summed E-state index contributed by atoms with van der Waals surface area (Å²) in [6.07, 6.45) is 0.602. The Hall–Kier alpha value is -2.17. The Morgan fingerprint density at radius 2 is 2.00 bits per heavy atom. The number of barbiturate groups is 1. The van der Waals surface area contributed by atoms with Gasteiger partial charge in [0.2, 0.25) is 11.8 Å². The molecule has 0 aromatic heterocycles. The smallest absolute Gasteiger partial charge is 0.277 e. The summed E-state index contributed by atoms with van der Waals surface area (Å²) in [6, 6.07) is 4.72. The molecule has 1 aromatic rings. The molecule has 0 saturated carbocycles. The molecule has 18 heavy (non-hydrogen) atoms. The maximum Gasteiger partial charge on any atom is 0.335 e. The number of hydrogen-bond acceptors (Lipinski definition) is 3. The molecular weight excluding hydrogens is 232 g/mol. The number of amides is 4. The van der Waals surface area contributed by atoms with E-state index in [2.05, 4.69) is 5.32 Å². The molecule has 0 unspecified atom stereocenters. The van der Waals surface area contributed by atoms with Gasteiger partial charge >= 0.3 is 6.03 Å². The van der Waals surface area contributed by atoms with E-state index in [0.717, 1.165) is 16.9 Å². The first-order chi connectivity index (χ1) is 8.52. The molecule has 1 aromatic carbocycles. The topological polar surface area (TPSA) is 66.5 Å². The maximum absolute atomic E-state index is 11.7. The summed E-state index contributed by atoms with van der Waals surface area (Å²) >= 11 is 0. The number of benzene rings is 1. The van der Waals surface area contributed by atoms with Crippen LogP contribution in [0.25, 0.3) is 0 Å². The molecule has 1 saturated heterocycles. The van der Waals surface area contributed by atoms with Crippen molar-refractivity contribution >= 4 is 23.5 Å². The SMILES string of the molecule is CCc1ccc(N2C(=O)CC(=O)NC2=O)cc1C. The Balaban J connectivity index is 2.36. The number of carbonyl (C=O) groups excluding carboxylic acids is 3. The van der Waals surface area contributed by atoms with Gasteiger partial charge in [-0.05, 0) is 36.6 Å². The highest BCUT2D eigenvalue weighted by Gasteiger charge is 2.31. The molecule has 0 atom stereocenters. The lowest BCUT2D eigenvalue weighted by Gasteiger charge is -2.25. The first kappa shape index (κ1) is 12.3. The van der Waals surface area contributed by atoms with Crippen molar-refractivity contribution < 1.29 is 14.4 Å². The van der Waals surface area contributed by atoms with Crippen molar-refractivity contribution in [2.75, 3.05) is 4.90 Å². The van der Waals surface area contributed by atoms with E-state index in [1.165, 1.54) is 5.56 Å². The second-order valence-electron chi connectivity index (χ2n) is 4.22. The third-order valence-electron chi connectivity index (χ3n) is 2.98. The number of carbonyl (C=O) groups is 3. The van der Waals surface area contributed by atoms with Gasteiger partial charge < -0.3 is 0 Å². The lowest BCUT2D eigenvalue weighted by molar-refractivity contribution is -0.128. The zero-order valence-electron chi connectivity index (χ0n) is 10.3. The van der Waals surface area contributed by atoms with Crippen LogP contribution in [0.5, 0.6) is 0 Å². The van der Waals surface area contributed by atoms with Crippen molar-refractivity contribution in [2.45, 2.75) is 26.7 Å². The van der Waals surface area contributed by atoms with Crippen LogP contribution >= 0.6 is 0 Å². The molecule has 1 aliphatic rings. The van der Waals surface area contributed by atoms with E-state index in [1.54, 1.807) is 12.1 Å². The van der Waals surface area contributed by atoms with Crippen LogP contribution in [-0.2, 0) is 16.0 Å². The van der Waals surface area contributed by atoms with Gasteiger partial charge in [-0.25, -0.2) is 9.69 Å². The first-order valence-corrected chi connectivity index (χ1v) is 5.79. The summed E-state index contributed by atoms with van der Waals surface area (Å²) in [7, 11) is 0. The van der Waals surface area contributed by atoms with Crippen molar-refractivity contribution in [1.29, 1.82) is 0 Å². The number of nitrogens with one attached hydrogen (secondary N) is 1. The van der Waals surface area contributed by atoms with Gasteiger partial charge in [-0.3, -0.25) is 14.9 Å². The van der Waals surface area contributed by atoms with E-state index in [9.17, 15) is 14.4 Å². The largest absolute Gasteiger partial charge is 0.335 e. The average Bonchev–Trinajstić information content (AvgIpc) is 2.27. The van der Waals surface area contributed by atoms with E-state index in [4.69, 9.17) is 0 Å². The van der Waals surface area contributed by atoms with Gasteiger partial charge in [-0.1, -0.05) is 13.0 Å². The molecule has 0 spiro atoms. The predicted molar refractivity (Wildman–Crippen MR) is 66.2 cm³/mol. The van der Waals surface area contributed by atoms with Crippen LogP contribution in [-0.4, -0.2) is 17.8 Å². The highest BCUT2D eigenvalue weighted by atomic mass is 16.2. The number of rotatable bonds is 2. The van der Waals surface area contributed by atoms with Gasteiger partial charge in [-0.2, -0.15) is 0 Å². The van der Waals surface area contributed by atoms with E-state index < -0.39 is 17.8 Å². The molecule has 1 heterocycles. The summed E-state index contributed by atoms with van der Waals surface area (Å²) in [4.78, 5) is 35.4. The molecule has 1 N–H and O–H groups in total. The maximum atomic E-state index is 11.7. The van der Waals surface area contributed by atoms with Crippen molar-refractivity contribution in [3.05, 3.63) is 29.3 Å². The van der Waals surface area contributed by atoms with Crippen molar-refractivity contribution in [3.8, 4) is 0 Å². The van der Waals surface area contributed by atoms with Crippen molar-refractivity contribution in [3.63, 3.8) is 0 Å². The molecule has 1 aliphatic heterocycles. The van der Waals surface area contributed by atoms with E-state index in [-0.39, 0.29) is 6.42 Å². The summed E-state index contributed by atoms with van der Waals surface area (Å²) in [5.41, 5.74) is 2.69. The number of urea groups is 1. The third kappa shape index (κ3) is 2.11. The summed E-state index contributed by atoms with van der Waals surface area (Å²) in [5, 5.41) is 2.13. The second-order valence-corrected chi connectivity index (χ2v) is 4.22. The van der Waals surface area contributed by atoms with Crippen molar-refractivity contribution in [2.24, 2.45) is 0 Å². The molecule has 4 amide bonds. The molecule has 1 fully saturated rings. The Morgan fingerprint density at radius 1 is 1.28 bits per heavy atom. The van der Waals surface area contributed by atoms with Gasteiger partial charge in [0.05, 0.1) is 5.69 Å². The average molecular weight is 246 g/mol. The van der Waals surface area contributed by atoms with Crippen LogP contribution in [0.4, 0.5) is 10.5 Å². The first-order valence-electron chi connectivity index (χ1n) is 5.79. The Morgan fingerprint density at radius 3 is 2.56 bits per heavy atom. The van der Waals surface area contributed by atoms with Gasteiger partial charge in [0.1, 0.15) is 6.42 Å². The van der Waals surface area contributed by atoms with Crippen LogP contribution < -0.4 is 10.2 Å². The fraction of sp³-hybridized carbons (Fsp3) is 0.308. The monoisotopic (exact) mass is 246 g/mol. The minimum Gasteiger partial charge on any atom is -0.277 e. The molecule has 0 radical (unpaired) electrons. The van der Waals surface area contributed by atoms with Gasteiger partial charge in [0.25, 0.3) is 0 Å². The van der Waals surface area contributed by atoms with Gasteiger partial charge in [0.15, 0.2) is 0 Å². The van der Waals surface area contributed by atoms with Crippen LogP contribution in [0.1, 0.15) is 24.5 Å². The highest BCUT2D eigenvalue weighted by Crippen LogP contribution is 2.22. The molecule has 5 heteroatoms. The van der Waals surface area contributed by atoms with Crippen LogP contribution in [0, 0.1) is 6.92 Å². The van der Waals surface area contributed by atoms with E-state index in [0.29, 0.717) is 5.69 Å². The Bertz CT molecular complexity index is 517. The molecule has 0 bridgehead atoms. The lowest BCUT2D eigenvalue weighted by Crippen LogP contribution is -2.52. The predicted octanol–water partition coefficient (Wildman–Crippen LogP) is 1.53. The number of anilines is 1. The second kappa shape index (κ2) is 4.60. The minimum atomic E-state index is -0.681. The number of imide groups is 2. The third-order valence-corrected chi connectivity index (χ3v) is 2.98. The quantitative estimate of drug-likeness (QED) is 0.805. The van der Waals surface area contributed by atoms with Gasteiger partial charge in [0, 0.05) is 0 Å². The molecule has 2 rings (SSSR count). The standard InChI is InChI=1S/C13H14N2O3/c1-3-9-4-5-10(6-8(9)2)15-12(17)7-11(16)14-13(15)18/h4-6H,3,7H2,1-2H3,(H,14,16,18). The number of aryl methyl sites for hydroxylation is 2. The normalized spacial score (nSPS) is 15.9. The van der Waals surface area contributed by atoms with Crippen molar-refractivity contribution in [1.82, 2.24) is 5.32 Å². The molecule has 0 aliphatic carbocycles. The van der Waals surface area contributed by atoms with Gasteiger partial charge in [-0.15, -0.1) is 0 Å². The summed E-state index contributed by atoms with van der Waals surface area (Å²) in [5.74, 6) is -1.05. The van der Waals surface area contributed by atoms with Crippen LogP contribution in [0.15, 0.2) is 18.2 Å². The fourth-order valence-corrected chi connectivity index (χ4v) is 2.03. The highest BCUT2D eigenvalue weighted by molar-refractivity contribution is 6.26. The minimum absolute atomic E-state index is 0.291. The molecular formula is C13H14N2O3. The lowest BCUT2D eigenvalue weighted by atomic mass is 10.1. The summed E-state index contributed by atoms with van der Waals surface area (Å²) < 4.78 is 0. The zero-order valence-corrected chi connectivity index (χ0v) is 10.3. The fourth-order valence-electron chi connectivity index (χ4n) is 2.03. The zero-order chi connectivity index (χ0) is 13.3. The molecule has 5 nitrogen and oxygen atoms in total. The number of nitrogens with zero attached hydrogens (tertiary/aromatic N) is 1. The summed E-state index contributed by atoms with van der Waals surface area (Å²) in [6.45, 7) is 3.97. The van der Waals surface area contributed by atoms with Crippen LogP contribution in [0.2, 0.25) is 0 Å². The molecule has 94 valence electrons.